The average molecular weight is 296 g/mol. The Bertz CT molecular complexity index is 702. The van der Waals surface area contributed by atoms with Gasteiger partial charge in [-0.05, 0) is 23.8 Å². The average Bonchev–Trinajstić information content (AvgIpc) is 2.66. The van der Waals surface area contributed by atoms with E-state index in [1.165, 1.54) is 0 Å². The highest BCUT2D eigenvalue weighted by Crippen LogP contribution is 2.28. The maximum atomic E-state index is 12.6. The van der Waals surface area contributed by atoms with E-state index in [0.717, 1.165) is 5.56 Å². The summed E-state index contributed by atoms with van der Waals surface area (Å²) in [6, 6.07) is 10.1. The van der Waals surface area contributed by atoms with E-state index in [-0.39, 0.29) is 24.8 Å². The second kappa shape index (κ2) is 5.95. The maximum Gasteiger partial charge on any atom is 0.243 e. The fourth-order valence-corrected chi connectivity index (χ4v) is 2.43. The van der Waals surface area contributed by atoms with Crippen molar-refractivity contribution in [2.75, 3.05) is 16.8 Å². The minimum absolute atomic E-state index is 0.118. The number of hydrogen-bond donors (Lipinski definition) is 2. The topological polar surface area (TPSA) is 88.3 Å². The van der Waals surface area contributed by atoms with Gasteiger partial charge < -0.3 is 16.0 Å². The fourth-order valence-electron chi connectivity index (χ4n) is 2.43. The van der Waals surface area contributed by atoms with Crippen molar-refractivity contribution >= 4 is 23.2 Å². The summed E-state index contributed by atoms with van der Waals surface area (Å²) in [5.41, 5.74) is 7.94. The van der Waals surface area contributed by atoms with Crippen molar-refractivity contribution in [2.24, 2.45) is 5.73 Å². The van der Waals surface area contributed by atoms with Crippen molar-refractivity contribution in [1.29, 1.82) is 0 Å². The Balaban J connectivity index is 1.91. The number of aromatic nitrogens is 1. The summed E-state index contributed by atoms with van der Waals surface area (Å²) in [5.74, 6) is -0.406. The maximum absolute atomic E-state index is 12.6. The van der Waals surface area contributed by atoms with Gasteiger partial charge in [0, 0.05) is 12.4 Å². The molecule has 0 aliphatic carbocycles. The lowest BCUT2D eigenvalue weighted by molar-refractivity contribution is -0.118. The van der Waals surface area contributed by atoms with E-state index >= 15 is 0 Å². The lowest BCUT2D eigenvalue weighted by atomic mass is 10.1. The third-order valence-corrected chi connectivity index (χ3v) is 3.55. The second-order valence-electron chi connectivity index (χ2n) is 5.16. The number of nitrogens with one attached hydrogen (secondary N) is 1. The summed E-state index contributed by atoms with van der Waals surface area (Å²) >= 11 is 0. The molecule has 6 heteroatoms. The predicted octanol–water partition coefficient (Wildman–Crippen LogP) is 0.937. The lowest BCUT2D eigenvalue weighted by Crippen LogP contribution is -2.45. The van der Waals surface area contributed by atoms with Crippen LogP contribution in [0, 0.1) is 0 Å². The van der Waals surface area contributed by atoms with E-state index in [9.17, 15) is 9.59 Å². The van der Waals surface area contributed by atoms with Crippen LogP contribution < -0.4 is 16.0 Å². The van der Waals surface area contributed by atoms with Crippen molar-refractivity contribution in [2.45, 2.75) is 12.5 Å². The van der Waals surface area contributed by atoms with E-state index < -0.39 is 6.04 Å². The summed E-state index contributed by atoms with van der Waals surface area (Å²) in [5, 5.41) is 2.75. The Kier molecular flexibility index (Phi) is 3.84. The third-order valence-electron chi connectivity index (χ3n) is 3.55. The van der Waals surface area contributed by atoms with Crippen LogP contribution in [-0.2, 0) is 16.0 Å². The number of fused-ring (bicyclic) bond motifs is 1. The standard InChI is InChI=1S/C16H16N4O2/c17-12-10-20(15(21)8-11-4-3-7-18-9-11)14-6-2-1-5-13(14)19-16(12)22/h1-7,9,12H,8,10,17H2,(H,19,22)/t12-/m0/s1. The number of carbonyl (C=O) groups excluding carboxylic acids is 2. The molecule has 0 saturated carbocycles. The summed E-state index contributed by atoms with van der Waals surface area (Å²) in [6.07, 6.45) is 3.53. The number of rotatable bonds is 2. The van der Waals surface area contributed by atoms with Crippen LogP contribution in [-0.4, -0.2) is 29.4 Å². The second-order valence-corrected chi connectivity index (χ2v) is 5.16. The molecule has 1 aliphatic heterocycles. The summed E-state index contributed by atoms with van der Waals surface area (Å²) in [7, 11) is 0. The van der Waals surface area contributed by atoms with Crippen LogP contribution >= 0.6 is 0 Å². The highest BCUT2D eigenvalue weighted by atomic mass is 16.2. The molecule has 6 nitrogen and oxygen atoms in total. The van der Waals surface area contributed by atoms with Crippen LogP contribution in [0.25, 0.3) is 0 Å². The molecular formula is C16H16N4O2. The van der Waals surface area contributed by atoms with Crippen molar-refractivity contribution in [3.05, 3.63) is 54.4 Å². The Morgan fingerprint density at radius 1 is 1.32 bits per heavy atom. The molecular weight excluding hydrogens is 280 g/mol. The van der Waals surface area contributed by atoms with E-state index in [1.807, 2.05) is 12.1 Å². The first-order chi connectivity index (χ1) is 10.6. The molecule has 0 unspecified atom stereocenters. The number of anilines is 2. The van der Waals surface area contributed by atoms with Gasteiger partial charge in [0.15, 0.2) is 0 Å². The molecule has 2 heterocycles. The minimum atomic E-state index is -0.759. The van der Waals surface area contributed by atoms with E-state index in [1.54, 1.807) is 41.6 Å². The number of nitrogens with zero attached hydrogens (tertiary/aromatic N) is 2. The number of carbonyl (C=O) groups is 2. The molecule has 2 aromatic rings. The molecule has 2 amide bonds. The Morgan fingerprint density at radius 2 is 2.14 bits per heavy atom. The van der Waals surface area contributed by atoms with Gasteiger partial charge in [-0.3, -0.25) is 14.6 Å². The van der Waals surface area contributed by atoms with Gasteiger partial charge in [0.1, 0.15) is 6.04 Å². The molecule has 22 heavy (non-hydrogen) atoms. The van der Waals surface area contributed by atoms with Gasteiger partial charge in [-0.25, -0.2) is 0 Å². The number of pyridine rings is 1. The van der Waals surface area contributed by atoms with Gasteiger partial charge in [0.25, 0.3) is 0 Å². The first-order valence-corrected chi connectivity index (χ1v) is 7.00. The monoisotopic (exact) mass is 296 g/mol. The molecule has 1 aromatic carbocycles. The smallest absolute Gasteiger partial charge is 0.243 e. The number of para-hydroxylation sites is 2. The zero-order chi connectivity index (χ0) is 15.5. The zero-order valence-corrected chi connectivity index (χ0v) is 11.9. The zero-order valence-electron chi connectivity index (χ0n) is 11.9. The lowest BCUT2D eigenvalue weighted by Gasteiger charge is -2.23. The normalized spacial score (nSPS) is 17.4. The van der Waals surface area contributed by atoms with Crippen LogP contribution in [0.15, 0.2) is 48.8 Å². The van der Waals surface area contributed by atoms with Crippen molar-refractivity contribution in [3.8, 4) is 0 Å². The summed E-state index contributed by atoms with van der Waals surface area (Å²) in [6.45, 7) is 0.155. The number of nitrogens with two attached hydrogens (primary N) is 1. The molecule has 1 aliphatic rings. The highest BCUT2D eigenvalue weighted by molar-refractivity contribution is 6.06. The van der Waals surface area contributed by atoms with Crippen LogP contribution in [0.5, 0.6) is 0 Å². The molecule has 0 fully saturated rings. The summed E-state index contributed by atoms with van der Waals surface area (Å²) < 4.78 is 0. The van der Waals surface area contributed by atoms with E-state index in [0.29, 0.717) is 11.4 Å². The van der Waals surface area contributed by atoms with E-state index in [2.05, 4.69) is 10.3 Å². The van der Waals surface area contributed by atoms with Crippen LogP contribution in [0.4, 0.5) is 11.4 Å². The Morgan fingerprint density at radius 3 is 2.91 bits per heavy atom. The highest BCUT2D eigenvalue weighted by Gasteiger charge is 2.28. The fraction of sp³-hybridized carbons (Fsp3) is 0.188. The van der Waals surface area contributed by atoms with Gasteiger partial charge in [0.2, 0.25) is 11.8 Å². The van der Waals surface area contributed by atoms with Gasteiger partial charge >= 0.3 is 0 Å². The molecule has 0 saturated heterocycles. The SMILES string of the molecule is N[C@H]1CN(C(=O)Cc2cccnc2)c2ccccc2NC1=O. The molecule has 3 N–H and O–H groups in total. The van der Waals surface area contributed by atoms with Crippen molar-refractivity contribution < 1.29 is 9.59 Å². The first kappa shape index (κ1) is 14.2. The number of amides is 2. The molecule has 1 aromatic heterocycles. The third kappa shape index (κ3) is 2.82. The van der Waals surface area contributed by atoms with Crippen molar-refractivity contribution in [3.63, 3.8) is 0 Å². The van der Waals surface area contributed by atoms with Crippen molar-refractivity contribution in [1.82, 2.24) is 4.98 Å². The van der Waals surface area contributed by atoms with Gasteiger partial charge in [-0.15, -0.1) is 0 Å². The predicted molar refractivity (Wildman–Crippen MR) is 83.3 cm³/mol. The minimum Gasteiger partial charge on any atom is -0.323 e. The molecule has 1 atom stereocenters. The molecule has 0 bridgehead atoms. The number of benzene rings is 1. The largest absolute Gasteiger partial charge is 0.323 e. The van der Waals surface area contributed by atoms with Gasteiger partial charge in [-0.2, -0.15) is 0 Å². The molecule has 3 rings (SSSR count). The van der Waals surface area contributed by atoms with Crippen LogP contribution in [0.2, 0.25) is 0 Å². The molecule has 0 radical (unpaired) electrons. The van der Waals surface area contributed by atoms with Crippen LogP contribution in [0.1, 0.15) is 5.56 Å². The molecule has 112 valence electrons. The quantitative estimate of drug-likeness (QED) is 0.863. The van der Waals surface area contributed by atoms with Gasteiger partial charge in [0.05, 0.1) is 24.3 Å². The first-order valence-electron chi connectivity index (χ1n) is 7.00. The molecule has 0 spiro atoms. The number of hydrogen-bond acceptors (Lipinski definition) is 4. The van der Waals surface area contributed by atoms with Gasteiger partial charge in [-0.1, -0.05) is 18.2 Å². The Hall–Kier alpha value is -2.73. The van der Waals surface area contributed by atoms with E-state index in [4.69, 9.17) is 5.73 Å². The summed E-state index contributed by atoms with van der Waals surface area (Å²) in [4.78, 5) is 30.1. The van der Waals surface area contributed by atoms with Crippen LogP contribution in [0.3, 0.4) is 0 Å². The Labute approximate surface area is 127 Å².